The Kier molecular flexibility index (Phi) is 20.6. The van der Waals surface area contributed by atoms with Crippen LogP contribution < -0.4 is 6.15 Å². The van der Waals surface area contributed by atoms with Crippen molar-refractivity contribution in [3.63, 3.8) is 0 Å². The zero-order valence-corrected chi connectivity index (χ0v) is 5.27. The monoisotopic (exact) mass is 262 g/mol. The van der Waals surface area contributed by atoms with Crippen LogP contribution in [0.4, 0.5) is 0 Å². The number of hydrogen-bond donors (Lipinski definition) is 1. The van der Waals surface area contributed by atoms with Crippen molar-refractivity contribution in [1.82, 2.24) is 6.15 Å². The van der Waals surface area contributed by atoms with Crippen molar-refractivity contribution < 1.29 is 20.1 Å². The molecule has 4 N–H and O–H groups in total. The van der Waals surface area contributed by atoms with E-state index in [1.54, 1.807) is 0 Å². The van der Waals surface area contributed by atoms with Gasteiger partial charge in [-0.15, -0.1) is 0 Å². The van der Waals surface area contributed by atoms with E-state index in [0.717, 1.165) is 0 Å². The van der Waals surface area contributed by atoms with Gasteiger partial charge in [-0.2, -0.15) is 0 Å². The molecule has 0 saturated carbocycles. The predicted molar refractivity (Wildman–Crippen MR) is 12.5 cm³/mol. The van der Waals surface area contributed by atoms with Crippen LogP contribution in [0.25, 0.3) is 0 Å². The molecule has 0 aliphatic rings. The van der Waals surface area contributed by atoms with E-state index in [-0.39, 0.29) is 6.15 Å². The van der Waals surface area contributed by atoms with Gasteiger partial charge in [-0.05, 0) is 0 Å². The normalized spacial score (nSPS) is 5.25. The van der Waals surface area contributed by atoms with E-state index in [2.05, 4.69) is 9.58 Å². The molecule has 0 aromatic heterocycles. The molecular weight excluding hydrogens is 258 g/mol. The fourth-order valence-electron chi connectivity index (χ4n) is 0. The van der Waals surface area contributed by atoms with Crippen molar-refractivity contribution in [1.29, 1.82) is 0 Å². The predicted octanol–water partition coefficient (Wildman–Crippen LogP) is 0.944. The van der Waals surface area contributed by atoms with Gasteiger partial charge in [-0.1, -0.05) is 0 Å². The maximum absolute atomic E-state index is 8.82. The molecular formula is H4ClIrNO+. The number of rotatable bonds is 0. The van der Waals surface area contributed by atoms with E-state index >= 15 is 0 Å². The summed E-state index contributed by atoms with van der Waals surface area (Å²) < 4.78 is 8.82. The third-order valence-electron chi connectivity index (χ3n) is 0. The van der Waals surface area contributed by atoms with Gasteiger partial charge in [0, 0.05) is 0 Å². The molecule has 0 atom stereocenters. The Morgan fingerprint density at radius 3 is 1.75 bits per heavy atom. The minimum atomic E-state index is -1.28. The first-order valence-electron chi connectivity index (χ1n) is 0.262. The fourth-order valence-corrected chi connectivity index (χ4v) is 0. The van der Waals surface area contributed by atoms with E-state index in [0.29, 0.717) is 0 Å². The van der Waals surface area contributed by atoms with Crippen molar-refractivity contribution in [2.24, 2.45) is 0 Å². The Morgan fingerprint density at radius 1 is 1.75 bits per heavy atom. The summed E-state index contributed by atoms with van der Waals surface area (Å²) in [6.45, 7) is 0. The SMILES string of the molecule is [NH4+].[O]=[Ir][Cl]. The van der Waals surface area contributed by atoms with Crippen LogP contribution in [-0.2, 0) is 20.1 Å². The van der Waals surface area contributed by atoms with Gasteiger partial charge in [-0.3, -0.25) is 0 Å². The molecule has 0 heterocycles. The molecule has 0 rings (SSSR count). The molecule has 0 aromatic carbocycles. The summed E-state index contributed by atoms with van der Waals surface area (Å²) in [5.41, 5.74) is 0. The average Bonchev–Trinajstić information content (AvgIpc) is 0.918. The van der Waals surface area contributed by atoms with Crippen LogP contribution in [-0.4, -0.2) is 0 Å². The average molecular weight is 262 g/mol. The standard InChI is InChI=1S/ClH.Ir.H3N.O/h1H;;1H3;/q;+1;;. The van der Waals surface area contributed by atoms with Crippen LogP contribution in [0.15, 0.2) is 0 Å². The molecule has 30 valence electrons. The van der Waals surface area contributed by atoms with Gasteiger partial charge in [0.25, 0.3) is 0 Å². The van der Waals surface area contributed by atoms with Crippen LogP contribution in [0.2, 0.25) is 0 Å². The summed E-state index contributed by atoms with van der Waals surface area (Å²) in [4.78, 5) is 0. The van der Waals surface area contributed by atoms with E-state index in [4.69, 9.17) is 3.50 Å². The van der Waals surface area contributed by atoms with E-state index in [1.165, 1.54) is 0 Å². The summed E-state index contributed by atoms with van der Waals surface area (Å²) in [6, 6.07) is 0. The van der Waals surface area contributed by atoms with Crippen molar-refractivity contribution in [3.05, 3.63) is 0 Å². The van der Waals surface area contributed by atoms with E-state index in [1.807, 2.05) is 0 Å². The number of quaternary nitrogens is 1. The van der Waals surface area contributed by atoms with Crippen molar-refractivity contribution in [2.45, 2.75) is 0 Å². The summed E-state index contributed by atoms with van der Waals surface area (Å²) in [6.07, 6.45) is 0. The van der Waals surface area contributed by atoms with Crippen LogP contribution >= 0.6 is 9.58 Å². The molecule has 0 unspecified atom stereocenters. The molecule has 0 aromatic rings. The molecule has 0 fully saturated rings. The van der Waals surface area contributed by atoms with Crippen LogP contribution in [0.5, 0.6) is 0 Å². The first kappa shape index (κ1) is 8.83. The van der Waals surface area contributed by atoms with Gasteiger partial charge in [0.2, 0.25) is 0 Å². The third kappa shape index (κ3) is 15.9. The minimum absolute atomic E-state index is 0. The Balaban J connectivity index is 0. The quantitative estimate of drug-likeness (QED) is 0.693. The molecule has 0 spiro atoms. The Hall–Kier alpha value is 0.699. The zero-order chi connectivity index (χ0) is 2.71. The molecule has 4 heavy (non-hydrogen) atoms. The molecule has 0 amide bonds. The Bertz CT molecular complexity index is 15.5. The van der Waals surface area contributed by atoms with Crippen LogP contribution in [0.3, 0.4) is 0 Å². The molecule has 0 aliphatic carbocycles. The van der Waals surface area contributed by atoms with Gasteiger partial charge < -0.3 is 6.15 Å². The van der Waals surface area contributed by atoms with Crippen molar-refractivity contribution in [2.75, 3.05) is 0 Å². The van der Waals surface area contributed by atoms with Gasteiger partial charge >= 0.3 is 29.7 Å². The summed E-state index contributed by atoms with van der Waals surface area (Å²) in [5.74, 6) is 0. The summed E-state index contributed by atoms with van der Waals surface area (Å²) in [5, 5.41) is 0. The Labute approximate surface area is 36.4 Å². The van der Waals surface area contributed by atoms with Gasteiger partial charge in [-0.25, -0.2) is 0 Å². The van der Waals surface area contributed by atoms with Crippen molar-refractivity contribution >= 4 is 9.58 Å². The topological polar surface area (TPSA) is 53.6 Å². The molecule has 0 bridgehead atoms. The van der Waals surface area contributed by atoms with E-state index < -0.39 is 16.6 Å². The van der Waals surface area contributed by atoms with Crippen LogP contribution in [0.1, 0.15) is 0 Å². The third-order valence-corrected chi connectivity index (χ3v) is 0. The van der Waals surface area contributed by atoms with Gasteiger partial charge in [0.05, 0.1) is 0 Å². The molecule has 0 aliphatic heterocycles. The molecule has 0 radical (unpaired) electrons. The second kappa shape index (κ2) is 9.33. The van der Waals surface area contributed by atoms with Gasteiger partial charge in [0.1, 0.15) is 0 Å². The zero-order valence-electron chi connectivity index (χ0n) is 2.12. The first-order valence-corrected chi connectivity index (χ1v) is 4.21. The number of hydrogen-bond acceptors (Lipinski definition) is 1. The molecule has 0 saturated heterocycles. The summed E-state index contributed by atoms with van der Waals surface area (Å²) in [7, 11) is 4.57. The summed E-state index contributed by atoms with van der Waals surface area (Å²) >= 11 is -1.28. The fraction of sp³-hybridized carbons (Fsp3) is 0. The van der Waals surface area contributed by atoms with Gasteiger partial charge in [0.15, 0.2) is 0 Å². The van der Waals surface area contributed by atoms with E-state index in [9.17, 15) is 0 Å². The maximum atomic E-state index is 8.82. The Morgan fingerprint density at radius 2 is 1.75 bits per heavy atom. The number of halogens is 1. The van der Waals surface area contributed by atoms with Crippen LogP contribution in [0, 0.1) is 0 Å². The first-order chi connectivity index (χ1) is 1.41. The second-order valence-corrected chi connectivity index (χ2v) is 1.26. The van der Waals surface area contributed by atoms with Crippen molar-refractivity contribution in [3.8, 4) is 0 Å². The molecule has 2 nitrogen and oxygen atoms in total. The molecule has 4 heteroatoms. The second-order valence-electron chi connectivity index (χ2n) is 0.0514.